The Hall–Kier alpha value is -2.50. The molecule has 0 aliphatic heterocycles. The fourth-order valence-corrected chi connectivity index (χ4v) is 3.34. The second-order valence-corrected chi connectivity index (χ2v) is 7.20. The van der Waals surface area contributed by atoms with Crippen molar-refractivity contribution >= 4 is 39.4 Å². The second kappa shape index (κ2) is 9.62. The van der Waals surface area contributed by atoms with Crippen LogP contribution in [0.2, 0.25) is 5.02 Å². The summed E-state index contributed by atoms with van der Waals surface area (Å²) >= 11 is 9.59. The molecular weight excluding hydrogens is 442 g/mol. The Bertz CT molecular complexity index is 974. The smallest absolute Gasteiger partial charge is 0.175 e. The van der Waals surface area contributed by atoms with E-state index in [2.05, 4.69) is 20.9 Å². The molecule has 6 heteroatoms. The fourth-order valence-electron chi connectivity index (χ4n) is 2.55. The molecule has 3 rings (SSSR count). The highest BCUT2D eigenvalue weighted by atomic mass is 79.9. The van der Waals surface area contributed by atoms with Gasteiger partial charge in [-0.2, -0.15) is 0 Å². The van der Waals surface area contributed by atoms with Crippen molar-refractivity contribution in [1.82, 2.24) is 0 Å². The van der Waals surface area contributed by atoms with E-state index in [4.69, 9.17) is 25.8 Å². The molecule has 28 heavy (non-hydrogen) atoms. The normalized spacial score (nSPS) is 10.9. The van der Waals surface area contributed by atoms with Gasteiger partial charge in [-0.25, -0.2) is 0 Å². The van der Waals surface area contributed by atoms with Crippen molar-refractivity contribution in [2.24, 2.45) is 4.99 Å². The highest BCUT2D eigenvalue weighted by Gasteiger charge is 2.11. The molecular formula is C22H19BrClNO3. The van der Waals surface area contributed by atoms with E-state index >= 15 is 0 Å². The molecule has 0 fully saturated rings. The van der Waals surface area contributed by atoms with Crippen LogP contribution in [-0.2, 0) is 6.61 Å². The van der Waals surface area contributed by atoms with Crippen molar-refractivity contribution < 1.29 is 14.2 Å². The quantitative estimate of drug-likeness (QED) is 0.380. The lowest BCUT2D eigenvalue weighted by atomic mass is 10.2. The molecule has 3 aromatic carbocycles. The Morgan fingerprint density at radius 1 is 1.00 bits per heavy atom. The number of rotatable bonds is 7. The van der Waals surface area contributed by atoms with Gasteiger partial charge >= 0.3 is 0 Å². The maximum Gasteiger partial charge on any atom is 0.175 e. The van der Waals surface area contributed by atoms with Crippen LogP contribution in [0.1, 0.15) is 11.1 Å². The Kier molecular flexibility index (Phi) is 6.95. The molecule has 144 valence electrons. The van der Waals surface area contributed by atoms with Crippen LogP contribution in [-0.4, -0.2) is 20.4 Å². The molecule has 0 unspecified atom stereocenters. The van der Waals surface area contributed by atoms with Crippen LogP contribution in [0.15, 0.2) is 70.1 Å². The summed E-state index contributed by atoms with van der Waals surface area (Å²) < 4.78 is 17.4. The minimum absolute atomic E-state index is 0.384. The minimum atomic E-state index is 0.384. The SMILES string of the molecule is COc1ccc(N=Cc2cc(Br)c(OCc3cccc(Cl)c3)c(OC)c2)cc1. The zero-order valence-corrected chi connectivity index (χ0v) is 17.8. The Morgan fingerprint density at radius 2 is 1.79 bits per heavy atom. The van der Waals surface area contributed by atoms with Crippen LogP contribution >= 0.6 is 27.5 Å². The molecule has 0 aromatic heterocycles. The van der Waals surface area contributed by atoms with Gasteiger partial charge in [-0.15, -0.1) is 0 Å². The van der Waals surface area contributed by atoms with E-state index in [0.29, 0.717) is 23.1 Å². The molecule has 0 heterocycles. The van der Waals surface area contributed by atoms with E-state index in [-0.39, 0.29) is 0 Å². The molecule has 0 aliphatic carbocycles. The summed E-state index contributed by atoms with van der Waals surface area (Å²) in [6, 6.07) is 18.9. The van der Waals surface area contributed by atoms with Crippen LogP contribution in [0.5, 0.6) is 17.2 Å². The zero-order valence-electron chi connectivity index (χ0n) is 15.5. The van der Waals surface area contributed by atoms with Crippen LogP contribution in [0.25, 0.3) is 0 Å². The van der Waals surface area contributed by atoms with Crippen LogP contribution in [0, 0.1) is 0 Å². The minimum Gasteiger partial charge on any atom is -0.497 e. The molecule has 0 aliphatic rings. The van der Waals surface area contributed by atoms with Crippen molar-refractivity contribution in [3.05, 3.63) is 81.3 Å². The number of hydrogen-bond acceptors (Lipinski definition) is 4. The largest absolute Gasteiger partial charge is 0.497 e. The van der Waals surface area contributed by atoms with E-state index in [0.717, 1.165) is 27.0 Å². The number of aliphatic imine (C=N–C) groups is 1. The lowest BCUT2D eigenvalue weighted by Crippen LogP contribution is -1.99. The molecule has 0 N–H and O–H groups in total. The summed E-state index contributed by atoms with van der Waals surface area (Å²) in [5, 5.41) is 0.678. The van der Waals surface area contributed by atoms with Gasteiger partial charge in [0.05, 0.1) is 24.4 Å². The molecule has 0 radical (unpaired) electrons. The summed E-state index contributed by atoms with van der Waals surface area (Å²) in [5.41, 5.74) is 2.69. The van der Waals surface area contributed by atoms with Gasteiger partial charge in [-0.3, -0.25) is 4.99 Å². The molecule has 0 bridgehead atoms. The maximum atomic E-state index is 6.03. The van der Waals surface area contributed by atoms with E-state index in [1.54, 1.807) is 20.4 Å². The first-order chi connectivity index (χ1) is 13.6. The maximum absolute atomic E-state index is 6.03. The average Bonchev–Trinajstić information content (AvgIpc) is 2.71. The topological polar surface area (TPSA) is 40.0 Å². The van der Waals surface area contributed by atoms with Crippen molar-refractivity contribution in [3.63, 3.8) is 0 Å². The first-order valence-corrected chi connectivity index (χ1v) is 9.69. The molecule has 0 spiro atoms. The van der Waals surface area contributed by atoms with Crippen molar-refractivity contribution in [2.45, 2.75) is 6.61 Å². The van der Waals surface area contributed by atoms with Gasteiger partial charge in [-0.1, -0.05) is 23.7 Å². The highest BCUT2D eigenvalue weighted by molar-refractivity contribution is 9.10. The summed E-state index contributed by atoms with van der Waals surface area (Å²) in [6.07, 6.45) is 1.77. The summed E-state index contributed by atoms with van der Waals surface area (Å²) in [5.74, 6) is 2.04. The standard InChI is InChI=1S/C22H19BrClNO3/c1-26-19-8-6-18(7-9-19)25-13-16-11-20(23)22(21(12-16)27-2)28-14-15-4-3-5-17(24)10-15/h3-13H,14H2,1-2H3. The first kappa shape index (κ1) is 20.2. The molecule has 0 saturated heterocycles. The Labute approximate surface area is 177 Å². The predicted molar refractivity (Wildman–Crippen MR) is 117 cm³/mol. The van der Waals surface area contributed by atoms with Crippen molar-refractivity contribution in [3.8, 4) is 17.2 Å². The van der Waals surface area contributed by atoms with E-state index in [9.17, 15) is 0 Å². The van der Waals surface area contributed by atoms with E-state index in [1.165, 1.54) is 0 Å². The van der Waals surface area contributed by atoms with Crippen LogP contribution in [0.4, 0.5) is 5.69 Å². The average molecular weight is 461 g/mol. The van der Waals surface area contributed by atoms with Gasteiger partial charge in [0, 0.05) is 11.2 Å². The third-order valence-corrected chi connectivity index (χ3v) is 4.78. The van der Waals surface area contributed by atoms with Crippen molar-refractivity contribution in [1.29, 1.82) is 0 Å². The molecule has 4 nitrogen and oxygen atoms in total. The predicted octanol–water partition coefficient (Wildman–Crippen LogP) is 6.45. The molecule has 3 aromatic rings. The van der Waals surface area contributed by atoms with Gasteiger partial charge in [-0.05, 0) is 75.6 Å². The Morgan fingerprint density at radius 3 is 2.46 bits per heavy atom. The fraction of sp³-hybridized carbons (Fsp3) is 0.136. The lowest BCUT2D eigenvalue weighted by Gasteiger charge is -2.13. The summed E-state index contributed by atoms with van der Waals surface area (Å²) in [7, 11) is 3.25. The zero-order chi connectivity index (χ0) is 19.9. The summed E-state index contributed by atoms with van der Waals surface area (Å²) in [4.78, 5) is 4.49. The van der Waals surface area contributed by atoms with E-state index in [1.807, 2.05) is 60.7 Å². The van der Waals surface area contributed by atoms with E-state index < -0.39 is 0 Å². The number of ether oxygens (including phenoxy) is 3. The number of nitrogens with zero attached hydrogens (tertiary/aromatic N) is 1. The lowest BCUT2D eigenvalue weighted by molar-refractivity contribution is 0.282. The summed E-state index contributed by atoms with van der Waals surface area (Å²) in [6.45, 7) is 0.384. The highest BCUT2D eigenvalue weighted by Crippen LogP contribution is 2.37. The number of halogens is 2. The van der Waals surface area contributed by atoms with Gasteiger partial charge in [0.25, 0.3) is 0 Å². The number of hydrogen-bond donors (Lipinski definition) is 0. The van der Waals surface area contributed by atoms with Gasteiger partial charge < -0.3 is 14.2 Å². The number of methoxy groups -OCH3 is 2. The van der Waals surface area contributed by atoms with Gasteiger partial charge in [0.2, 0.25) is 0 Å². The third kappa shape index (κ3) is 5.27. The van der Waals surface area contributed by atoms with Gasteiger partial charge in [0.1, 0.15) is 12.4 Å². The van der Waals surface area contributed by atoms with Crippen LogP contribution < -0.4 is 14.2 Å². The molecule has 0 amide bonds. The second-order valence-electron chi connectivity index (χ2n) is 5.91. The Balaban J connectivity index is 1.77. The number of benzene rings is 3. The van der Waals surface area contributed by atoms with Crippen molar-refractivity contribution in [2.75, 3.05) is 14.2 Å². The third-order valence-electron chi connectivity index (χ3n) is 3.96. The van der Waals surface area contributed by atoms with Gasteiger partial charge in [0.15, 0.2) is 11.5 Å². The first-order valence-electron chi connectivity index (χ1n) is 8.52. The van der Waals surface area contributed by atoms with Crippen LogP contribution in [0.3, 0.4) is 0 Å². The monoisotopic (exact) mass is 459 g/mol. The molecule has 0 atom stereocenters. The molecule has 0 saturated carbocycles.